The van der Waals surface area contributed by atoms with Gasteiger partial charge in [-0.05, 0) is 42.8 Å². The van der Waals surface area contributed by atoms with Gasteiger partial charge < -0.3 is 48.8 Å². The molecule has 0 bridgehead atoms. The number of aromatic hydroxyl groups is 1. The van der Waals surface area contributed by atoms with E-state index in [0.29, 0.717) is 83.9 Å². The van der Waals surface area contributed by atoms with Crippen LogP contribution >= 0.6 is 11.6 Å². The molecule has 0 saturated carbocycles. The Labute approximate surface area is 406 Å². The van der Waals surface area contributed by atoms with Crippen LogP contribution in [0.3, 0.4) is 0 Å². The average molecular weight is 995 g/mol. The van der Waals surface area contributed by atoms with Crippen molar-refractivity contribution < 1.29 is 66.3 Å². The van der Waals surface area contributed by atoms with E-state index in [4.69, 9.17) is 35.3 Å². The lowest BCUT2D eigenvalue weighted by Gasteiger charge is -2.35. The number of imide groups is 2. The van der Waals surface area contributed by atoms with E-state index in [2.05, 4.69) is 20.6 Å². The van der Waals surface area contributed by atoms with E-state index >= 15 is 4.39 Å². The van der Waals surface area contributed by atoms with Crippen LogP contribution in [0.2, 0.25) is 5.02 Å². The highest BCUT2D eigenvalue weighted by atomic mass is 35.5. The zero-order chi connectivity index (χ0) is 49.9. The Kier molecular flexibility index (Phi) is 17.4. The molecule has 6 amide bonds. The fourth-order valence-corrected chi connectivity index (χ4v) is 8.33. The zero-order valence-electron chi connectivity index (χ0n) is 38.6. The van der Waals surface area contributed by atoms with Gasteiger partial charge in [0.15, 0.2) is 5.82 Å². The van der Waals surface area contributed by atoms with Crippen LogP contribution in [0.4, 0.5) is 20.5 Å². The summed E-state index contributed by atoms with van der Waals surface area (Å²) in [4.78, 5) is 89.6. The fraction of sp³-hybridized carbons (Fsp3) is 0.447. The lowest BCUT2D eigenvalue weighted by molar-refractivity contribution is -0.136. The van der Waals surface area contributed by atoms with Gasteiger partial charge in [0.2, 0.25) is 29.6 Å². The van der Waals surface area contributed by atoms with Gasteiger partial charge in [-0.1, -0.05) is 17.7 Å². The Hall–Kier alpha value is -6.59. The molecule has 3 aromatic carbocycles. The predicted molar refractivity (Wildman–Crippen MR) is 249 cm³/mol. The number of hydrogen-bond donors (Lipinski definition) is 3. The van der Waals surface area contributed by atoms with Crippen LogP contribution in [0, 0.1) is 11.6 Å². The number of carbonyl (C=O) groups is 6. The Bertz CT molecular complexity index is 2600. The standard InChI is InChI=1S/C47H53ClF2N8O12/c1-28(59)56-12-14-57(15-13-56)43-32-27-33(48)39(40-34(49)4-3-5-36(40)60)41(50)42(32)53-47(54-43)51-11-10-38(62)55(2)16-17-66-18-19-67-20-21-68-22-23-69-24-25-70-29-6-7-30-31(26-29)46(65)58(45(30)64)35-8-9-37(61)52-44(35)63/h3-7,26-27,35,60H,8-25H2,1-2H3,(H,51,53,54)(H,52,61,63). The van der Waals surface area contributed by atoms with Crippen LogP contribution < -0.4 is 20.3 Å². The highest BCUT2D eigenvalue weighted by Crippen LogP contribution is 2.42. The van der Waals surface area contributed by atoms with Crippen molar-refractivity contribution in [2.24, 2.45) is 0 Å². The van der Waals surface area contributed by atoms with Crippen LogP contribution in [-0.2, 0) is 38.1 Å². The number of benzene rings is 3. The first-order valence-electron chi connectivity index (χ1n) is 22.7. The van der Waals surface area contributed by atoms with Crippen molar-refractivity contribution >= 4 is 69.7 Å². The van der Waals surface area contributed by atoms with Gasteiger partial charge in [-0.25, -0.2) is 13.8 Å². The quantitative estimate of drug-likeness (QED) is 0.0714. The number of piperazine rings is 1. The number of nitrogens with one attached hydrogen (secondary N) is 2. The van der Waals surface area contributed by atoms with Gasteiger partial charge in [0, 0.05) is 77.0 Å². The van der Waals surface area contributed by atoms with Crippen LogP contribution in [0.5, 0.6) is 11.5 Å². The maximum Gasteiger partial charge on any atom is 0.262 e. The summed E-state index contributed by atoms with van der Waals surface area (Å²) < 4.78 is 59.3. The van der Waals surface area contributed by atoms with Crippen LogP contribution in [0.25, 0.3) is 22.0 Å². The summed E-state index contributed by atoms with van der Waals surface area (Å²) in [6, 6.07) is 8.47. The van der Waals surface area contributed by atoms with Crippen LogP contribution in [0.1, 0.15) is 46.9 Å². The first-order valence-corrected chi connectivity index (χ1v) is 23.1. The molecule has 374 valence electrons. The predicted octanol–water partition coefficient (Wildman–Crippen LogP) is 3.41. The Balaban J connectivity index is 0.758. The summed E-state index contributed by atoms with van der Waals surface area (Å²) in [7, 11) is 1.64. The molecule has 1 aromatic heterocycles. The number of nitrogens with zero attached hydrogens (tertiary/aromatic N) is 6. The number of hydrogen-bond acceptors (Lipinski definition) is 16. The lowest BCUT2D eigenvalue weighted by Crippen LogP contribution is -2.54. The van der Waals surface area contributed by atoms with Crippen molar-refractivity contribution in [3.05, 3.63) is 70.2 Å². The van der Waals surface area contributed by atoms with Crippen molar-refractivity contribution in [3.63, 3.8) is 0 Å². The molecular weight excluding hydrogens is 942 g/mol. The topological polar surface area (TPSA) is 232 Å². The second-order valence-electron chi connectivity index (χ2n) is 16.4. The molecule has 1 unspecified atom stereocenters. The third-order valence-electron chi connectivity index (χ3n) is 11.8. The van der Waals surface area contributed by atoms with E-state index in [0.717, 1.165) is 11.0 Å². The van der Waals surface area contributed by atoms with Crippen LogP contribution in [0.15, 0.2) is 42.5 Å². The molecule has 0 spiro atoms. The largest absolute Gasteiger partial charge is 0.507 e. The highest BCUT2D eigenvalue weighted by Gasteiger charge is 2.44. The first kappa shape index (κ1) is 51.3. The molecule has 4 heterocycles. The molecular formula is C47H53ClF2N8O12. The molecule has 2 saturated heterocycles. The van der Waals surface area contributed by atoms with E-state index in [9.17, 15) is 38.3 Å². The fourth-order valence-electron chi connectivity index (χ4n) is 8.04. The molecule has 0 radical (unpaired) electrons. The Morgan fingerprint density at radius 3 is 2.17 bits per heavy atom. The number of halogens is 3. The number of aromatic nitrogens is 2. The van der Waals surface area contributed by atoms with Crippen molar-refractivity contribution in [1.29, 1.82) is 0 Å². The molecule has 2 fully saturated rings. The third kappa shape index (κ3) is 12.2. The van der Waals surface area contributed by atoms with E-state index < -0.39 is 52.6 Å². The first-order chi connectivity index (χ1) is 33.7. The summed E-state index contributed by atoms with van der Waals surface area (Å²) in [6.07, 6.45) is 0.151. The molecule has 20 nitrogen and oxygen atoms in total. The molecule has 4 aromatic rings. The monoisotopic (exact) mass is 994 g/mol. The minimum Gasteiger partial charge on any atom is -0.507 e. The number of amides is 6. The van der Waals surface area contributed by atoms with E-state index in [1.54, 1.807) is 18.0 Å². The molecule has 3 aliphatic heterocycles. The maximum atomic E-state index is 16.4. The SMILES string of the molecule is CC(=O)N1CCN(c2nc(NCCC(=O)N(C)CCOCCOCCOCCOCCOc3ccc4c(c3)C(=O)N(C3CCC(=O)NC3=O)C4=O)nc3c(F)c(-c4c(O)cccc4F)c(Cl)cc23)CC1. The van der Waals surface area contributed by atoms with Crippen LogP contribution in [-0.4, -0.2) is 177 Å². The normalized spacial score (nSPS) is 16.0. The number of fused-ring (bicyclic) bond motifs is 2. The van der Waals surface area contributed by atoms with Gasteiger partial charge in [-0.15, -0.1) is 0 Å². The summed E-state index contributed by atoms with van der Waals surface area (Å²) in [5.41, 5.74) is -0.652. The molecule has 1 atom stereocenters. The van der Waals surface area contributed by atoms with Gasteiger partial charge in [-0.3, -0.25) is 39.0 Å². The zero-order valence-corrected chi connectivity index (χ0v) is 39.4. The van der Waals surface area contributed by atoms with Gasteiger partial charge in [0.1, 0.15) is 41.3 Å². The number of piperidine rings is 1. The number of likely N-dealkylation sites (N-methyl/N-ethyl adjacent to an activating group) is 1. The minimum atomic E-state index is -1.05. The number of rotatable bonds is 23. The van der Waals surface area contributed by atoms with Crippen molar-refractivity contribution in [3.8, 4) is 22.6 Å². The van der Waals surface area contributed by atoms with E-state index in [1.807, 2.05) is 4.90 Å². The average Bonchev–Trinajstić information content (AvgIpc) is 3.58. The smallest absolute Gasteiger partial charge is 0.262 e. The van der Waals surface area contributed by atoms with Crippen molar-refractivity contribution in [2.45, 2.75) is 32.2 Å². The van der Waals surface area contributed by atoms with Gasteiger partial charge >= 0.3 is 0 Å². The molecule has 70 heavy (non-hydrogen) atoms. The summed E-state index contributed by atoms with van der Waals surface area (Å²) in [6.45, 7) is 6.04. The molecule has 23 heteroatoms. The maximum absolute atomic E-state index is 16.4. The highest BCUT2D eigenvalue weighted by molar-refractivity contribution is 6.34. The molecule has 3 aliphatic rings. The Morgan fingerprint density at radius 2 is 1.51 bits per heavy atom. The summed E-state index contributed by atoms with van der Waals surface area (Å²) >= 11 is 6.55. The molecule has 7 rings (SSSR count). The lowest BCUT2D eigenvalue weighted by atomic mass is 10.0. The summed E-state index contributed by atoms with van der Waals surface area (Å²) in [5, 5.41) is 15.7. The second kappa shape index (κ2) is 23.8. The van der Waals surface area contributed by atoms with Crippen molar-refractivity contribution in [2.75, 3.05) is 116 Å². The van der Waals surface area contributed by atoms with E-state index in [-0.39, 0.29) is 96.0 Å². The summed E-state index contributed by atoms with van der Waals surface area (Å²) in [5.74, 6) is -4.23. The van der Waals surface area contributed by atoms with Gasteiger partial charge in [0.25, 0.3) is 11.8 Å². The number of phenolic OH excluding ortho intramolecular Hbond substituents is 1. The molecule has 0 aliphatic carbocycles. The van der Waals surface area contributed by atoms with Gasteiger partial charge in [0.05, 0.1) is 74.6 Å². The minimum absolute atomic E-state index is 0.0137. The number of ether oxygens (including phenoxy) is 5. The second-order valence-corrected chi connectivity index (χ2v) is 16.8. The third-order valence-corrected chi connectivity index (χ3v) is 12.1. The number of carbonyl (C=O) groups excluding carboxylic acids is 6. The van der Waals surface area contributed by atoms with Gasteiger partial charge in [-0.2, -0.15) is 4.98 Å². The Morgan fingerprint density at radius 1 is 0.857 bits per heavy atom. The molecule has 3 N–H and O–H groups in total. The number of phenols is 1. The van der Waals surface area contributed by atoms with E-state index in [1.165, 1.54) is 42.2 Å². The number of anilines is 2. The van der Waals surface area contributed by atoms with Crippen molar-refractivity contribution in [1.82, 2.24) is 30.0 Å².